The number of nitrogens with zero attached hydrogens (tertiary/aromatic N) is 2. The zero-order valence-electron chi connectivity index (χ0n) is 10.9. The van der Waals surface area contributed by atoms with Crippen LogP contribution in [0.2, 0.25) is 0 Å². The number of nitrogens with two attached hydrogens (primary N) is 1. The van der Waals surface area contributed by atoms with Crippen LogP contribution in [0.3, 0.4) is 0 Å². The molecular weight excluding hydrogens is 389 g/mol. The third kappa shape index (κ3) is 3.45. The van der Waals surface area contributed by atoms with Crippen LogP contribution < -0.4 is 10.5 Å². The molecule has 1 heterocycles. The molecule has 1 aromatic carbocycles. The van der Waals surface area contributed by atoms with E-state index in [2.05, 4.69) is 27.6 Å². The summed E-state index contributed by atoms with van der Waals surface area (Å²) in [5, 5.41) is 10.7. The molecule has 0 fully saturated rings. The molecule has 0 atom stereocenters. The number of aryl methyl sites for hydroxylation is 1. The van der Waals surface area contributed by atoms with E-state index in [1.165, 1.54) is 0 Å². The standard InChI is InChI=1S/C13H10IN3O4/c1-7-2-3-10(14)11(4-7)21-13-9(12(15)18)5-8(6-16-13)17(19)20/h2-6H,1H3,(H2,15,18). The molecule has 1 amide bonds. The molecule has 1 aromatic heterocycles. The lowest BCUT2D eigenvalue weighted by atomic mass is 10.2. The van der Waals surface area contributed by atoms with Gasteiger partial charge in [-0.25, -0.2) is 4.98 Å². The number of carbonyl (C=O) groups is 1. The minimum Gasteiger partial charge on any atom is -0.437 e. The number of aromatic nitrogens is 1. The number of primary amides is 1. The van der Waals surface area contributed by atoms with E-state index < -0.39 is 10.8 Å². The predicted octanol–water partition coefficient (Wildman–Crippen LogP) is 2.79. The number of ether oxygens (including phenoxy) is 1. The topological polar surface area (TPSA) is 108 Å². The highest BCUT2D eigenvalue weighted by Crippen LogP contribution is 2.29. The van der Waals surface area contributed by atoms with Gasteiger partial charge in [-0.3, -0.25) is 14.9 Å². The highest BCUT2D eigenvalue weighted by molar-refractivity contribution is 14.1. The SMILES string of the molecule is Cc1ccc(I)c(Oc2ncc([N+](=O)[O-])cc2C(N)=O)c1. The number of hydrogen-bond acceptors (Lipinski definition) is 5. The van der Waals surface area contributed by atoms with Gasteiger partial charge in [0.05, 0.1) is 8.49 Å². The Hall–Kier alpha value is -2.23. The second-order valence-corrected chi connectivity index (χ2v) is 5.37. The van der Waals surface area contributed by atoms with Gasteiger partial charge in [0.2, 0.25) is 5.88 Å². The molecule has 7 nitrogen and oxygen atoms in total. The van der Waals surface area contributed by atoms with E-state index in [0.717, 1.165) is 21.4 Å². The van der Waals surface area contributed by atoms with Crippen molar-refractivity contribution in [3.8, 4) is 11.6 Å². The molecule has 0 bridgehead atoms. The monoisotopic (exact) mass is 399 g/mol. The van der Waals surface area contributed by atoms with Gasteiger partial charge in [0.25, 0.3) is 11.6 Å². The number of amides is 1. The van der Waals surface area contributed by atoms with Crippen LogP contribution >= 0.6 is 22.6 Å². The maximum atomic E-state index is 11.4. The van der Waals surface area contributed by atoms with Gasteiger partial charge in [-0.2, -0.15) is 0 Å². The van der Waals surface area contributed by atoms with Gasteiger partial charge >= 0.3 is 0 Å². The van der Waals surface area contributed by atoms with Crippen molar-refractivity contribution in [3.05, 3.63) is 55.3 Å². The summed E-state index contributed by atoms with van der Waals surface area (Å²) in [7, 11) is 0. The van der Waals surface area contributed by atoms with Crippen molar-refractivity contribution in [3.63, 3.8) is 0 Å². The van der Waals surface area contributed by atoms with E-state index in [-0.39, 0.29) is 17.1 Å². The van der Waals surface area contributed by atoms with Crippen molar-refractivity contribution in [1.82, 2.24) is 4.98 Å². The molecule has 0 radical (unpaired) electrons. The second kappa shape index (κ2) is 6.04. The fourth-order valence-corrected chi connectivity index (χ4v) is 2.04. The molecular formula is C13H10IN3O4. The van der Waals surface area contributed by atoms with Crippen molar-refractivity contribution in [2.24, 2.45) is 5.73 Å². The predicted molar refractivity (Wildman–Crippen MR) is 83.4 cm³/mol. The number of benzene rings is 1. The molecule has 0 aliphatic heterocycles. The summed E-state index contributed by atoms with van der Waals surface area (Å²) in [5.41, 5.74) is 5.73. The highest BCUT2D eigenvalue weighted by atomic mass is 127. The van der Waals surface area contributed by atoms with Gasteiger partial charge in [-0.15, -0.1) is 0 Å². The van der Waals surface area contributed by atoms with Crippen molar-refractivity contribution < 1.29 is 14.5 Å². The fourth-order valence-electron chi connectivity index (χ4n) is 1.59. The molecule has 21 heavy (non-hydrogen) atoms. The van der Waals surface area contributed by atoms with Crippen LogP contribution in [0.25, 0.3) is 0 Å². The Balaban J connectivity index is 2.46. The zero-order chi connectivity index (χ0) is 15.6. The first-order valence-corrected chi connectivity index (χ1v) is 6.84. The maximum Gasteiger partial charge on any atom is 0.288 e. The van der Waals surface area contributed by atoms with Gasteiger partial charge in [0.1, 0.15) is 17.5 Å². The van der Waals surface area contributed by atoms with Crippen LogP contribution in [0.4, 0.5) is 5.69 Å². The molecule has 0 aliphatic carbocycles. The van der Waals surface area contributed by atoms with Crippen LogP contribution in [0.15, 0.2) is 30.5 Å². The number of rotatable bonds is 4. The third-order valence-electron chi connectivity index (χ3n) is 2.61. The van der Waals surface area contributed by atoms with Crippen LogP contribution in [0.1, 0.15) is 15.9 Å². The van der Waals surface area contributed by atoms with Crippen LogP contribution in [0.5, 0.6) is 11.6 Å². The number of hydrogen-bond donors (Lipinski definition) is 1. The molecule has 0 unspecified atom stereocenters. The Morgan fingerprint density at radius 2 is 2.14 bits per heavy atom. The number of carbonyl (C=O) groups excluding carboxylic acids is 1. The van der Waals surface area contributed by atoms with Crippen LogP contribution in [0, 0.1) is 20.6 Å². The smallest absolute Gasteiger partial charge is 0.288 e. The Bertz CT molecular complexity index is 733. The summed E-state index contributed by atoms with van der Waals surface area (Å²) < 4.78 is 6.39. The molecule has 2 aromatic rings. The van der Waals surface area contributed by atoms with Crippen molar-refractivity contribution in [2.75, 3.05) is 0 Å². The zero-order valence-corrected chi connectivity index (χ0v) is 13.0. The number of nitro groups is 1. The van der Waals surface area contributed by atoms with Crippen LogP contribution in [-0.4, -0.2) is 15.8 Å². The molecule has 2 N–H and O–H groups in total. The molecule has 0 saturated heterocycles. The first-order valence-electron chi connectivity index (χ1n) is 5.76. The average Bonchev–Trinajstić information content (AvgIpc) is 2.42. The largest absolute Gasteiger partial charge is 0.437 e. The summed E-state index contributed by atoms with van der Waals surface area (Å²) in [6.07, 6.45) is 1.02. The van der Waals surface area contributed by atoms with Crippen molar-refractivity contribution in [1.29, 1.82) is 0 Å². The van der Waals surface area contributed by atoms with E-state index in [1.807, 2.05) is 19.1 Å². The third-order valence-corrected chi connectivity index (χ3v) is 3.50. The van der Waals surface area contributed by atoms with Gasteiger partial charge in [0, 0.05) is 6.07 Å². The normalized spacial score (nSPS) is 10.2. The minimum absolute atomic E-state index is 0.0587. The first-order chi connectivity index (χ1) is 9.88. The summed E-state index contributed by atoms with van der Waals surface area (Å²) in [6, 6.07) is 6.58. The lowest BCUT2D eigenvalue weighted by Crippen LogP contribution is -2.13. The minimum atomic E-state index is -0.844. The van der Waals surface area contributed by atoms with E-state index in [4.69, 9.17) is 10.5 Å². The molecule has 0 saturated carbocycles. The van der Waals surface area contributed by atoms with Gasteiger partial charge in [0.15, 0.2) is 0 Å². The highest BCUT2D eigenvalue weighted by Gasteiger charge is 2.18. The molecule has 2 rings (SSSR count). The molecule has 0 spiro atoms. The average molecular weight is 399 g/mol. The quantitative estimate of drug-likeness (QED) is 0.483. The van der Waals surface area contributed by atoms with Crippen molar-refractivity contribution >= 4 is 34.2 Å². The first kappa shape index (κ1) is 15.2. The molecule has 108 valence electrons. The van der Waals surface area contributed by atoms with E-state index in [0.29, 0.717) is 5.75 Å². The number of pyridine rings is 1. The lowest BCUT2D eigenvalue weighted by molar-refractivity contribution is -0.385. The number of halogens is 1. The van der Waals surface area contributed by atoms with Gasteiger partial charge < -0.3 is 10.5 Å². The van der Waals surface area contributed by atoms with Gasteiger partial charge in [-0.1, -0.05) is 6.07 Å². The second-order valence-electron chi connectivity index (χ2n) is 4.20. The Morgan fingerprint density at radius 1 is 1.43 bits per heavy atom. The molecule has 0 aliphatic rings. The Kier molecular flexibility index (Phi) is 4.36. The summed E-state index contributed by atoms with van der Waals surface area (Å²) in [4.78, 5) is 25.3. The molecule has 8 heteroatoms. The van der Waals surface area contributed by atoms with Crippen LogP contribution in [-0.2, 0) is 0 Å². The summed E-state index contributed by atoms with van der Waals surface area (Å²) >= 11 is 2.07. The maximum absolute atomic E-state index is 11.4. The fraction of sp³-hybridized carbons (Fsp3) is 0.0769. The Labute approximate surface area is 133 Å². The van der Waals surface area contributed by atoms with Gasteiger partial charge in [-0.05, 0) is 47.2 Å². The van der Waals surface area contributed by atoms with E-state index >= 15 is 0 Å². The van der Waals surface area contributed by atoms with E-state index in [9.17, 15) is 14.9 Å². The summed E-state index contributed by atoms with van der Waals surface area (Å²) in [5.74, 6) is -0.403. The lowest BCUT2D eigenvalue weighted by Gasteiger charge is -2.10. The Morgan fingerprint density at radius 3 is 2.76 bits per heavy atom. The van der Waals surface area contributed by atoms with Crippen molar-refractivity contribution in [2.45, 2.75) is 6.92 Å². The van der Waals surface area contributed by atoms with E-state index in [1.54, 1.807) is 6.07 Å². The summed E-state index contributed by atoms with van der Waals surface area (Å²) in [6.45, 7) is 1.89.